The summed E-state index contributed by atoms with van der Waals surface area (Å²) in [7, 11) is 0. The van der Waals surface area contributed by atoms with Crippen LogP contribution in [0.3, 0.4) is 0 Å². The van der Waals surface area contributed by atoms with Crippen LogP contribution in [0.1, 0.15) is 5.56 Å². The van der Waals surface area contributed by atoms with Crippen LogP contribution in [0.4, 0.5) is 0 Å². The number of phenolic OH excluding ortho intramolecular Hbond substituents is 1. The highest BCUT2D eigenvalue weighted by Crippen LogP contribution is 2.22. The average molecular weight is 216 g/mol. The van der Waals surface area contributed by atoms with Crippen molar-refractivity contribution in [3.8, 4) is 17.1 Å². The molecule has 0 fully saturated rings. The van der Waals surface area contributed by atoms with Gasteiger partial charge in [-0.3, -0.25) is 0 Å². The molecule has 2 rings (SSSR count). The number of aryl methyl sites for hydroxylation is 1. The van der Waals surface area contributed by atoms with Crippen LogP contribution in [-0.4, -0.2) is 25.3 Å². The summed E-state index contributed by atoms with van der Waals surface area (Å²) in [5.74, 6) is 0.812. The van der Waals surface area contributed by atoms with E-state index in [1.54, 1.807) is 18.2 Å². The lowest BCUT2D eigenvalue weighted by molar-refractivity contribution is 0.471. The summed E-state index contributed by atoms with van der Waals surface area (Å²) >= 11 is 0. The summed E-state index contributed by atoms with van der Waals surface area (Å²) in [6, 6.07) is 5.21. The Morgan fingerprint density at radius 1 is 1.50 bits per heavy atom. The van der Waals surface area contributed by atoms with E-state index < -0.39 is 0 Å². The molecule has 0 aliphatic carbocycles. The molecular weight excluding hydrogens is 204 g/mol. The van der Waals surface area contributed by atoms with Crippen LogP contribution >= 0.6 is 0 Å². The molecule has 16 heavy (non-hydrogen) atoms. The first kappa shape index (κ1) is 10.4. The monoisotopic (exact) mass is 216 g/mol. The number of rotatable bonds is 3. The van der Waals surface area contributed by atoms with Gasteiger partial charge in [0, 0.05) is 5.56 Å². The number of hydrogen-bond donors (Lipinski definition) is 1. The molecule has 5 heteroatoms. The van der Waals surface area contributed by atoms with Gasteiger partial charge in [-0.15, -0.1) is 16.8 Å². The highest BCUT2D eigenvalue weighted by molar-refractivity contribution is 5.57. The van der Waals surface area contributed by atoms with E-state index in [4.69, 9.17) is 0 Å². The molecule has 0 atom stereocenters. The van der Waals surface area contributed by atoms with E-state index in [1.165, 1.54) is 4.80 Å². The number of aromatic hydroxyl groups is 1. The number of nitrogens with zero attached hydrogens (tertiary/aromatic N) is 4. The van der Waals surface area contributed by atoms with E-state index in [2.05, 4.69) is 22.0 Å². The smallest absolute Gasteiger partial charge is 0.204 e. The molecule has 0 aliphatic rings. The minimum absolute atomic E-state index is 0.266. The standard InChI is InChI=1S/C11H12N4O/c1-3-6-15-13-11(12-14-15)9-4-5-10(16)8(2)7-9/h3-5,7,16H,1,6H2,2H3. The molecule has 5 nitrogen and oxygen atoms in total. The molecule has 0 amide bonds. The lowest BCUT2D eigenvalue weighted by Gasteiger charge is -1.99. The first-order valence-corrected chi connectivity index (χ1v) is 4.89. The lowest BCUT2D eigenvalue weighted by Crippen LogP contribution is -1.99. The van der Waals surface area contributed by atoms with E-state index >= 15 is 0 Å². The molecule has 0 radical (unpaired) electrons. The Balaban J connectivity index is 2.34. The maximum Gasteiger partial charge on any atom is 0.204 e. The minimum atomic E-state index is 0.266. The fraction of sp³-hybridized carbons (Fsp3) is 0.182. The maximum absolute atomic E-state index is 9.41. The number of aromatic nitrogens is 4. The Morgan fingerprint density at radius 2 is 2.31 bits per heavy atom. The molecule has 1 aromatic heterocycles. The minimum Gasteiger partial charge on any atom is -0.508 e. The van der Waals surface area contributed by atoms with Gasteiger partial charge in [0.2, 0.25) is 5.82 Å². The number of tetrazole rings is 1. The number of phenols is 1. The quantitative estimate of drug-likeness (QED) is 0.790. The van der Waals surface area contributed by atoms with Crippen LogP contribution in [0.15, 0.2) is 30.9 Å². The van der Waals surface area contributed by atoms with Crippen molar-refractivity contribution in [2.45, 2.75) is 13.5 Å². The number of hydrogen-bond acceptors (Lipinski definition) is 4. The molecule has 1 aromatic carbocycles. The molecule has 0 saturated heterocycles. The number of allylic oxidation sites excluding steroid dienone is 1. The average Bonchev–Trinajstić information content (AvgIpc) is 2.71. The van der Waals surface area contributed by atoms with Crippen LogP contribution in [0.2, 0.25) is 0 Å². The van der Waals surface area contributed by atoms with Crippen LogP contribution in [0, 0.1) is 6.92 Å². The predicted molar refractivity (Wildman–Crippen MR) is 59.9 cm³/mol. The van der Waals surface area contributed by atoms with Crippen LogP contribution in [-0.2, 0) is 6.54 Å². The van der Waals surface area contributed by atoms with Gasteiger partial charge < -0.3 is 5.11 Å². The summed E-state index contributed by atoms with van der Waals surface area (Å²) in [4.78, 5) is 1.46. The van der Waals surface area contributed by atoms with Crippen molar-refractivity contribution >= 4 is 0 Å². The van der Waals surface area contributed by atoms with E-state index in [-0.39, 0.29) is 5.75 Å². The Morgan fingerprint density at radius 3 is 3.00 bits per heavy atom. The summed E-state index contributed by atoms with van der Waals surface area (Å²) in [5.41, 5.74) is 1.63. The zero-order valence-corrected chi connectivity index (χ0v) is 8.96. The SMILES string of the molecule is C=CCn1nnc(-c2ccc(O)c(C)c2)n1. The second-order valence-electron chi connectivity index (χ2n) is 3.46. The number of benzene rings is 1. The van der Waals surface area contributed by atoms with Gasteiger partial charge in [0.25, 0.3) is 0 Å². The summed E-state index contributed by atoms with van der Waals surface area (Å²) < 4.78 is 0. The Kier molecular flexibility index (Phi) is 2.68. The topological polar surface area (TPSA) is 63.8 Å². The molecule has 0 bridgehead atoms. The normalized spacial score (nSPS) is 10.3. The van der Waals surface area contributed by atoms with Crippen molar-refractivity contribution < 1.29 is 5.11 Å². The van der Waals surface area contributed by atoms with Crippen molar-refractivity contribution in [1.82, 2.24) is 20.2 Å². The van der Waals surface area contributed by atoms with Gasteiger partial charge in [0.05, 0.1) is 6.54 Å². The maximum atomic E-state index is 9.41. The Bertz CT molecular complexity index is 518. The zero-order valence-electron chi connectivity index (χ0n) is 8.96. The Labute approximate surface area is 93.0 Å². The molecule has 0 saturated carbocycles. The second kappa shape index (κ2) is 4.14. The molecule has 0 aliphatic heterocycles. The van der Waals surface area contributed by atoms with Crippen LogP contribution < -0.4 is 0 Å². The van der Waals surface area contributed by atoms with Crippen molar-refractivity contribution in [3.05, 3.63) is 36.4 Å². The van der Waals surface area contributed by atoms with Crippen molar-refractivity contribution in [3.63, 3.8) is 0 Å². The Hall–Kier alpha value is -2.17. The fourth-order valence-electron chi connectivity index (χ4n) is 1.35. The van der Waals surface area contributed by atoms with E-state index in [1.807, 2.05) is 13.0 Å². The molecule has 0 spiro atoms. The van der Waals surface area contributed by atoms with Gasteiger partial charge in [-0.2, -0.15) is 4.80 Å². The van der Waals surface area contributed by atoms with Crippen LogP contribution in [0.5, 0.6) is 5.75 Å². The summed E-state index contributed by atoms with van der Waals surface area (Å²) in [6.07, 6.45) is 1.70. The van der Waals surface area contributed by atoms with E-state index in [0.717, 1.165) is 11.1 Å². The van der Waals surface area contributed by atoms with Gasteiger partial charge in [-0.05, 0) is 35.9 Å². The van der Waals surface area contributed by atoms with Gasteiger partial charge in [0.1, 0.15) is 5.75 Å². The van der Waals surface area contributed by atoms with Crippen LogP contribution in [0.25, 0.3) is 11.4 Å². The van der Waals surface area contributed by atoms with Crippen molar-refractivity contribution in [1.29, 1.82) is 0 Å². The summed E-state index contributed by atoms with van der Waals surface area (Å²) in [5, 5.41) is 21.4. The third kappa shape index (κ3) is 1.93. The highest BCUT2D eigenvalue weighted by atomic mass is 16.3. The third-order valence-electron chi connectivity index (χ3n) is 2.20. The first-order chi connectivity index (χ1) is 7.70. The predicted octanol–water partition coefficient (Wildman–Crippen LogP) is 1.54. The summed E-state index contributed by atoms with van der Waals surface area (Å²) in [6.45, 7) is 5.96. The molecular formula is C11H12N4O. The van der Waals surface area contributed by atoms with Crippen molar-refractivity contribution in [2.24, 2.45) is 0 Å². The van der Waals surface area contributed by atoms with Gasteiger partial charge in [0.15, 0.2) is 0 Å². The lowest BCUT2D eigenvalue weighted by atomic mass is 10.1. The van der Waals surface area contributed by atoms with Gasteiger partial charge >= 0.3 is 0 Å². The molecule has 82 valence electrons. The van der Waals surface area contributed by atoms with Gasteiger partial charge in [-0.25, -0.2) is 0 Å². The van der Waals surface area contributed by atoms with E-state index in [9.17, 15) is 5.11 Å². The third-order valence-corrected chi connectivity index (χ3v) is 2.20. The van der Waals surface area contributed by atoms with Gasteiger partial charge in [-0.1, -0.05) is 6.08 Å². The highest BCUT2D eigenvalue weighted by Gasteiger charge is 2.06. The second-order valence-corrected chi connectivity index (χ2v) is 3.46. The van der Waals surface area contributed by atoms with Crippen molar-refractivity contribution in [2.75, 3.05) is 0 Å². The molecule has 0 unspecified atom stereocenters. The zero-order chi connectivity index (χ0) is 11.5. The fourth-order valence-corrected chi connectivity index (χ4v) is 1.35. The first-order valence-electron chi connectivity index (χ1n) is 4.89. The molecule has 1 N–H and O–H groups in total. The largest absolute Gasteiger partial charge is 0.508 e. The molecule has 2 aromatic rings. The van der Waals surface area contributed by atoms with E-state index in [0.29, 0.717) is 12.4 Å². The molecule has 1 heterocycles.